The Kier molecular flexibility index (Phi) is 7.33. The molecule has 0 bridgehead atoms. The molecule has 1 aliphatic carbocycles. The van der Waals surface area contributed by atoms with Crippen LogP contribution < -0.4 is 11.1 Å². The fourth-order valence-electron chi connectivity index (χ4n) is 2.70. The first kappa shape index (κ1) is 15.5. The van der Waals surface area contributed by atoms with E-state index >= 15 is 0 Å². The second-order valence-electron chi connectivity index (χ2n) is 5.85. The minimum absolute atomic E-state index is 0.0187. The van der Waals surface area contributed by atoms with Gasteiger partial charge in [-0.25, -0.2) is 0 Å². The Bertz CT molecular complexity index is 237. The van der Waals surface area contributed by atoms with Crippen LogP contribution in [-0.2, 0) is 4.79 Å². The molecule has 0 heterocycles. The van der Waals surface area contributed by atoms with Crippen LogP contribution in [0.4, 0.5) is 0 Å². The fourth-order valence-corrected chi connectivity index (χ4v) is 2.70. The molecule has 1 fully saturated rings. The van der Waals surface area contributed by atoms with Gasteiger partial charge in [-0.15, -0.1) is 0 Å². The summed E-state index contributed by atoms with van der Waals surface area (Å²) >= 11 is 0. The molecule has 2 atom stereocenters. The Labute approximate surface area is 112 Å². The monoisotopic (exact) mass is 254 g/mol. The van der Waals surface area contributed by atoms with Crippen molar-refractivity contribution in [3.63, 3.8) is 0 Å². The van der Waals surface area contributed by atoms with Crippen molar-refractivity contribution in [2.45, 2.75) is 71.3 Å². The van der Waals surface area contributed by atoms with Crippen molar-refractivity contribution < 1.29 is 4.79 Å². The summed E-state index contributed by atoms with van der Waals surface area (Å²) in [6, 6.07) is -0.343. The molecule has 3 nitrogen and oxygen atoms in total. The van der Waals surface area contributed by atoms with Gasteiger partial charge in [-0.2, -0.15) is 0 Å². The van der Waals surface area contributed by atoms with E-state index in [-0.39, 0.29) is 17.9 Å². The Morgan fingerprint density at radius 1 is 1.33 bits per heavy atom. The SMILES string of the molecule is CCC(C)C(N)C(=O)NCCCCC1CCCC1. The van der Waals surface area contributed by atoms with Crippen LogP contribution in [0.25, 0.3) is 0 Å². The zero-order valence-electron chi connectivity index (χ0n) is 12.1. The van der Waals surface area contributed by atoms with Crippen LogP contribution in [0.1, 0.15) is 65.2 Å². The maximum Gasteiger partial charge on any atom is 0.237 e. The molecule has 0 aromatic heterocycles. The molecular weight excluding hydrogens is 224 g/mol. The lowest BCUT2D eigenvalue weighted by Crippen LogP contribution is -2.44. The summed E-state index contributed by atoms with van der Waals surface area (Å²) in [6.45, 7) is 4.89. The highest BCUT2D eigenvalue weighted by atomic mass is 16.2. The van der Waals surface area contributed by atoms with Gasteiger partial charge in [0, 0.05) is 6.54 Å². The predicted molar refractivity (Wildman–Crippen MR) is 76.2 cm³/mol. The third-order valence-corrected chi connectivity index (χ3v) is 4.37. The van der Waals surface area contributed by atoms with E-state index in [9.17, 15) is 4.79 Å². The first-order chi connectivity index (χ1) is 8.65. The lowest BCUT2D eigenvalue weighted by atomic mass is 9.99. The number of hydrogen-bond donors (Lipinski definition) is 2. The quantitative estimate of drug-likeness (QED) is 0.654. The van der Waals surface area contributed by atoms with E-state index in [1.54, 1.807) is 0 Å². The molecule has 0 spiro atoms. The summed E-state index contributed by atoms with van der Waals surface area (Å²) in [5.41, 5.74) is 5.87. The van der Waals surface area contributed by atoms with Crippen LogP contribution in [0.5, 0.6) is 0 Å². The normalized spacial score (nSPS) is 19.7. The molecule has 0 aromatic carbocycles. The number of unbranched alkanes of at least 4 members (excludes halogenated alkanes) is 1. The molecule has 1 saturated carbocycles. The molecular formula is C15H30N2O. The topological polar surface area (TPSA) is 55.1 Å². The Morgan fingerprint density at radius 3 is 2.61 bits per heavy atom. The van der Waals surface area contributed by atoms with Crippen molar-refractivity contribution in [1.29, 1.82) is 0 Å². The lowest BCUT2D eigenvalue weighted by Gasteiger charge is -2.17. The molecule has 3 N–H and O–H groups in total. The van der Waals surface area contributed by atoms with Gasteiger partial charge in [-0.05, 0) is 18.3 Å². The van der Waals surface area contributed by atoms with Crippen molar-refractivity contribution in [2.24, 2.45) is 17.6 Å². The van der Waals surface area contributed by atoms with E-state index in [2.05, 4.69) is 12.2 Å². The largest absolute Gasteiger partial charge is 0.355 e. The smallest absolute Gasteiger partial charge is 0.237 e. The van der Waals surface area contributed by atoms with Crippen LogP contribution in [-0.4, -0.2) is 18.5 Å². The zero-order valence-corrected chi connectivity index (χ0v) is 12.1. The lowest BCUT2D eigenvalue weighted by molar-refractivity contribution is -0.123. The van der Waals surface area contributed by atoms with Crippen molar-refractivity contribution in [3.8, 4) is 0 Å². The van der Waals surface area contributed by atoms with Gasteiger partial charge in [0.05, 0.1) is 6.04 Å². The van der Waals surface area contributed by atoms with Gasteiger partial charge < -0.3 is 11.1 Å². The molecule has 106 valence electrons. The summed E-state index contributed by atoms with van der Waals surface area (Å²) in [5, 5.41) is 2.96. The molecule has 0 aliphatic heterocycles. The highest BCUT2D eigenvalue weighted by Gasteiger charge is 2.18. The third-order valence-electron chi connectivity index (χ3n) is 4.37. The van der Waals surface area contributed by atoms with Gasteiger partial charge in [0.15, 0.2) is 0 Å². The average molecular weight is 254 g/mol. The van der Waals surface area contributed by atoms with E-state index in [0.717, 1.165) is 25.3 Å². The molecule has 3 heteroatoms. The maximum absolute atomic E-state index is 11.7. The third kappa shape index (κ3) is 5.38. The zero-order chi connectivity index (χ0) is 13.4. The van der Waals surface area contributed by atoms with Crippen LogP contribution in [0.3, 0.4) is 0 Å². The van der Waals surface area contributed by atoms with Crippen LogP contribution in [0.2, 0.25) is 0 Å². The summed E-state index contributed by atoms with van der Waals surface area (Å²) in [5.74, 6) is 1.25. The molecule has 0 aromatic rings. The standard InChI is InChI=1S/C15H30N2O/c1-3-12(2)14(16)15(18)17-11-7-6-10-13-8-4-5-9-13/h12-14H,3-11,16H2,1-2H3,(H,17,18). The number of nitrogens with two attached hydrogens (primary N) is 1. The Morgan fingerprint density at radius 2 is 2.00 bits per heavy atom. The van der Waals surface area contributed by atoms with Gasteiger partial charge in [0.1, 0.15) is 0 Å². The fraction of sp³-hybridized carbons (Fsp3) is 0.933. The highest BCUT2D eigenvalue weighted by molar-refractivity contribution is 5.81. The van der Waals surface area contributed by atoms with Crippen LogP contribution in [0, 0.1) is 11.8 Å². The minimum atomic E-state index is -0.343. The molecule has 0 saturated heterocycles. The Hall–Kier alpha value is -0.570. The second-order valence-corrected chi connectivity index (χ2v) is 5.85. The van der Waals surface area contributed by atoms with Crippen molar-refractivity contribution in [1.82, 2.24) is 5.32 Å². The number of rotatable bonds is 8. The Balaban J connectivity index is 2.01. The molecule has 18 heavy (non-hydrogen) atoms. The van der Waals surface area contributed by atoms with Crippen molar-refractivity contribution >= 4 is 5.91 Å². The average Bonchev–Trinajstić information content (AvgIpc) is 2.89. The number of carbonyl (C=O) groups is 1. The summed E-state index contributed by atoms with van der Waals surface area (Å²) in [7, 11) is 0. The van der Waals surface area contributed by atoms with Crippen molar-refractivity contribution in [3.05, 3.63) is 0 Å². The van der Waals surface area contributed by atoms with E-state index in [4.69, 9.17) is 5.73 Å². The predicted octanol–water partition coefficient (Wildman–Crippen LogP) is 2.84. The second kappa shape index (κ2) is 8.52. The maximum atomic E-state index is 11.7. The van der Waals surface area contributed by atoms with E-state index in [1.165, 1.54) is 38.5 Å². The van der Waals surface area contributed by atoms with E-state index in [0.29, 0.717) is 0 Å². The minimum Gasteiger partial charge on any atom is -0.355 e. The summed E-state index contributed by atoms with van der Waals surface area (Å²) in [6.07, 6.45) is 10.3. The van der Waals surface area contributed by atoms with Crippen LogP contribution >= 0.6 is 0 Å². The van der Waals surface area contributed by atoms with Gasteiger partial charge >= 0.3 is 0 Å². The van der Waals surface area contributed by atoms with E-state index in [1.807, 2.05) is 6.92 Å². The summed E-state index contributed by atoms with van der Waals surface area (Å²) < 4.78 is 0. The first-order valence-electron chi connectivity index (χ1n) is 7.68. The van der Waals surface area contributed by atoms with Crippen molar-refractivity contribution in [2.75, 3.05) is 6.54 Å². The van der Waals surface area contributed by atoms with Gasteiger partial charge in [-0.3, -0.25) is 4.79 Å². The van der Waals surface area contributed by atoms with Crippen LogP contribution in [0.15, 0.2) is 0 Å². The van der Waals surface area contributed by atoms with Gasteiger partial charge in [0.2, 0.25) is 5.91 Å². The number of hydrogen-bond acceptors (Lipinski definition) is 2. The first-order valence-corrected chi connectivity index (χ1v) is 7.68. The molecule has 1 amide bonds. The number of amides is 1. The number of carbonyl (C=O) groups excluding carboxylic acids is 1. The summed E-state index contributed by atoms with van der Waals surface area (Å²) in [4.78, 5) is 11.7. The molecule has 1 rings (SSSR count). The molecule has 0 radical (unpaired) electrons. The molecule has 1 aliphatic rings. The van der Waals surface area contributed by atoms with Gasteiger partial charge in [-0.1, -0.05) is 58.8 Å². The highest BCUT2D eigenvalue weighted by Crippen LogP contribution is 2.28. The van der Waals surface area contributed by atoms with Gasteiger partial charge in [0.25, 0.3) is 0 Å². The number of nitrogens with one attached hydrogen (secondary N) is 1. The molecule has 2 unspecified atom stereocenters. The van der Waals surface area contributed by atoms with E-state index < -0.39 is 0 Å².